The first kappa shape index (κ1) is 29.1. The molecule has 0 spiro atoms. The molecule has 2 aromatic carbocycles. The molecule has 0 radical (unpaired) electrons. The van der Waals surface area contributed by atoms with Crippen LogP contribution in [0.25, 0.3) is 0 Å². The molecule has 0 saturated carbocycles. The first-order valence-electron chi connectivity index (χ1n) is 12.2. The van der Waals surface area contributed by atoms with Crippen LogP contribution in [0, 0.1) is 11.8 Å². The van der Waals surface area contributed by atoms with Gasteiger partial charge >= 0.3 is 6.18 Å². The fourth-order valence-corrected chi connectivity index (χ4v) is 5.77. The number of alkyl halides is 3. The quantitative estimate of drug-likeness (QED) is 0.244. The Labute approximate surface area is 229 Å². The lowest BCUT2D eigenvalue weighted by Crippen LogP contribution is -2.18. The summed E-state index contributed by atoms with van der Waals surface area (Å²) in [7, 11) is -1.21. The number of hydrogen-bond donors (Lipinski definition) is 3. The minimum absolute atomic E-state index is 0.107. The number of carbonyl (C=O) groups is 1. The van der Waals surface area contributed by atoms with Gasteiger partial charge in [-0.25, -0.2) is 4.98 Å². The summed E-state index contributed by atoms with van der Waals surface area (Å²) in [6.07, 6.45) is -3.86. The zero-order valence-electron chi connectivity index (χ0n) is 22.0. The van der Waals surface area contributed by atoms with E-state index in [1.807, 2.05) is 0 Å². The summed E-state index contributed by atoms with van der Waals surface area (Å²) in [6, 6.07) is 9.83. The van der Waals surface area contributed by atoms with Crippen molar-refractivity contribution in [2.75, 3.05) is 37.6 Å². The lowest BCUT2D eigenvalue weighted by atomic mass is 10.0. The van der Waals surface area contributed by atoms with E-state index in [-0.39, 0.29) is 42.4 Å². The molecule has 1 unspecified atom stereocenters. The molecule has 3 N–H and O–H groups in total. The van der Waals surface area contributed by atoms with Gasteiger partial charge in [0.25, 0.3) is 5.91 Å². The van der Waals surface area contributed by atoms with Gasteiger partial charge in [0.1, 0.15) is 18.0 Å². The normalized spacial score (nSPS) is 14.3. The Kier molecular flexibility index (Phi) is 8.49. The van der Waals surface area contributed by atoms with Crippen molar-refractivity contribution >= 4 is 36.4 Å². The molecular formula is C27H27F3N5O4P. The Bertz CT molecular complexity index is 1530. The highest BCUT2D eigenvalue weighted by molar-refractivity contribution is 7.57. The Morgan fingerprint density at radius 2 is 1.90 bits per heavy atom. The number of benzene rings is 2. The molecule has 2 heterocycles. The third-order valence-corrected chi connectivity index (χ3v) is 7.74. The van der Waals surface area contributed by atoms with Gasteiger partial charge in [0, 0.05) is 49.4 Å². The Morgan fingerprint density at radius 1 is 1.18 bits per heavy atom. The summed E-state index contributed by atoms with van der Waals surface area (Å²) >= 11 is 0. The fraction of sp³-hybridized carbons (Fsp3) is 0.296. The number of fused-ring (bicyclic) bond motifs is 1. The SMILES string of the molecule is CCOP(C)(=O)Cc1ccc(Nc2ncc(C(F)(F)F)c(Nc3ccc(C#CCO)c4c3C(=O)N(C)C4)n2)cc1. The summed E-state index contributed by atoms with van der Waals surface area (Å²) in [5.74, 6) is 4.28. The maximum atomic E-state index is 13.9. The van der Waals surface area contributed by atoms with E-state index in [1.54, 1.807) is 51.0 Å². The number of hydrogen-bond acceptors (Lipinski definition) is 8. The molecule has 0 aliphatic carbocycles. The summed E-state index contributed by atoms with van der Waals surface area (Å²) in [4.78, 5) is 22.2. The molecule has 0 bridgehead atoms. The molecule has 4 rings (SSSR count). The maximum Gasteiger partial charge on any atom is 0.421 e. The smallest absolute Gasteiger partial charge is 0.384 e. The van der Waals surface area contributed by atoms with Crippen LogP contribution in [-0.4, -0.2) is 52.8 Å². The van der Waals surface area contributed by atoms with Crippen LogP contribution in [0.4, 0.5) is 36.3 Å². The first-order chi connectivity index (χ1) is 18.9. The zero-order chi connectivity index (χ0) is 29.1. The van der Waals surface area contributed by atoms with Crippen LogP contribution >= 0.6 is 7.37 Å². The second-order valence-corrected chi connectivity index (χ2v) is 11.7. The standard InChI is InChI=1S/C27H27F3N5O4P/c1-4-39-40(3,38)16-17-7-10-19(11-8-17)32-26-31-14-21(27(28,29)30)24(34-26)33-22-12-9-18(6-5-13-36)20-15-35(2)25(37)23(20)22/h7-12,14,36H,4,13,15-16H2,1-3H3,(H2,31,32,33,34). The second kappa shape index (κ2) is 11.7. The van der Waals surface area contributed by atoms with Crippen molar-refractivity contribution in [3.05, 3.63) is 70.4 Å². The maximum absolute atomic E-state index is 13.9. The minimum Gasteiger partial charge on any atom is -0.384 e. The van der Waals surface area contributed by atoms with Crippen LogP contribution in [0.5, 0.6) is 0 Å². The lowest BCUT2D eigenvalue weighted by molar-refractivity contribution is -0.137. The number of amides is 1. The van der Waals surface area contributed by atoms with Gasteiger partial charge in [-0.15, -0.1) is 0 Å². The van der Waals surface area contributed by atoms with E-state index in [2.05, 4.69) is 32.4 Å². The second-order valence-electron chi connectivity index (χ2n) is 9.13. The number of carbonyl (C=O) groups excluding carboxylic acids is 1. The van der Waals surface area contributed by atoms with Gasteiger partial charge in [0.15, 0.2) is 0 Å². The summed E-state index contributed by atoms with van der Waals surface area (Å²) in [5.41, 5.74) is 1.52. The van der Waals surface area contributed by atoms with Crippen LogP contribution in [0.2, 0.25) is 0 Å². The molecule has 13 heteroatoms. The third kappa shape index (κ3) is 6.62. The van der Waals surface area contributed by atoms with Gasteiger partial charge in [-0.3, -0.25) is 9.36 Å². The van der Waals surface area contributed by atoms with Crippen LogP contribution in [0.3, 0.4) is 0 Å². The molecular weight excluding hydrogens is 546 g/mol. The molecule has 9 nitrogen and oxygen atoms in total. The number of halogens is 3. The van der Waals surface area contributed by atoms with Gasteiger partial charge in [-0.1, -0.05) is 24.0 Å². The number of aliphatic hydroxyl groups excluding tert-OH is 1. The van der Waals surface area contributed by atoms with Gasteiger partial charge < -0.3 is 25.2 Å². The predicted octanol–water partition coefficient (Wildman–Crippen LogP) is 5.36. The molecule has 210 valence electrons. The van der Waals surface area contributed by atoms with E-state index in [4.69, 9.17) is 9.63 Å². The van der Waals surface area contributed by atoms with E-state index in [0.717, 1.165) is 5.56 Å². The first-order valence-corrected chi connectivity index (χ1v) is 14.5. The van der Waals surface area contributed by atoms with Gasteiger partial charge in [-0.2, -0.15) is 18.2 Å². The van der Waals surface area contributed by atoms with Crippen molar-refractivity contribution in [1.29, 1.82) is 0 Å². The highest BCUT2D eigenvalue weighted by Crippen LogP contribution is 2.46. The summed E-state index contributed by atoms with van der Waals surface area (Å²) < 4.78 is 59.4. The van der Waals surface area contributed by atoms with Crippen molar-refractivity contribution in [3.8, 4) is 11.8 Å². The third-order valence-electron chi connectivity index (χ3n) is 6.00. The van der Waals surface area contributed by atoms with Gasteiger partial charge in [0.2, 0.25) is 13.3 Å². The number of nitrogens with one attached hydrogen (secondary N) is 2. The average Bonchev–Trinajstić information content (AvgIpc) is 3.18. The van der Waals surface area contributed by atoms with Gasteiger partial charge in [0.05, 0.1) is 17.9 Å². The molecule has 1 atom stereocenters. The zero-order valence-corrected chi connectivity index (χ0v) is 22.9. The molecule has 1 aliphatic heterocycles. The molecule has 0 fully saturated rings. The van der Waals surface area contributed by atoms with Crippen molar-refractivity contribution < 1.29 is 32.2 Å². The van der Waals surface area contributed by atoms with E-state index in [1.165, 1.54) is 11.0 Å². The van der Waals surface area contributed by atoms with Crippen molar-refractivity contribution in [2.45, 2.75) is 25.8 Å². The topological polar surface area (TPSA) is 117 Å². The average molecular weight is 574 g/mol. The van der Waals surface area contributed by atoms with Crippen molar-refractivity contribution in [2.24, 2.45) is 0 Å². The minimum atomic E-state index is -4.77. The molecule has 0 saturated heterocycles. The lowest BCUT2D eigenvalue weighted by Gasteiger charge is -2.17. The summed E-state index contributed by atoms with van der Waals surface area (Å²) in [5, 5.41) is 14.6. The van der Waals surface area contributed by atoms with E-state index < -0.39 is 24.9 Å². The molecule has 1 aromatic heterocycles. The van der Waals surface area contributed by atoms with E-state index in [0.29, 0.717) is 29.6 Å². The number of aliphatic hydroxyl groups is 1. The molecule has 3 aromatic rings. The van der Waals surface area contributed by atoms with Crippen LogP contribution in [0.1, 0.15) is 39.5 Å². The Balaban J connectivity index is 1.65. The number of anilines is 4. The Morgan fingerprint density at radius 3 is 2.55 bits per heavy atom. The van der Waals surface area contributed by atoms with Crippen LogP contribution < -0.4 is 10.6 Å². The molecule has 1 amide bonds. The monoisotopic (exact) mass is 573 g/mol. The highest BCUT2D eigenvalue weighted by atomic mass is 31.2. The largest absolute Gasteiger partial charge is 0.421 e. The number of aromatic nitrogens is 2. The van der Waals surface area contributed by atoms with Crippen molar-refractivity contribution in [1.82, 2.24) is 14.9 Å². The van der Waals surface area contributed by atoms with E-state index in [9.17, 15) is 22.5 Å². The van der Waals surface area contributed by atoms with Crippen molar-refractivity contribution in [3.63, 3.8) is 0 Å². The summed E-state index contributed by atoms with van der Waals surface area (Å²) in [6.45, 7) is 3.51. The molecule has 40 heavy (non-hydrogen) atoms. The number of rotatable bonds is 8. The fourth-order valence-electron chi connectivity index (χ4n) is 4.26. The van der Waals surface area contributed by atoms with Gasteiger partial charge in [-0.05, 0) is 36.8 Å². The molecule has 1 aliphatic rings. The highest BCUT2D eigenvalue weighted by Gasteiger charge is 2.36. The predicted molar refractivity (Wildman–Crippen MR) is 145 cm³/mol. The Hall–Kier alpha value is -3.91. The van der Waals surface area contributed by atoms with Crippen LogP contribution in [-0.2, 0) is 28.0 Å². The number of nitrogens with zero attached hydrogens (tertiary/aromatic N) is 3. The van der Waals surface area contributed by atoms with E-state index >= 15 is 0 Å². The van der Waals surface area contributed by atoms with Crippen LogP contribution in [0.15, 0.2) is 42.6 Å².